The number of ether oxygens (including phenoxy) is 1. The third-order valence-corrected chi connectivity index (χ3v) is 9.66. The Morgan fingerprint density at radius 2 is 1.84 bits per heavy atom. The van der Waals surface area contributed by atoms with Gasteiger partial charge in [-0.25, -0.2) is 0 Å². The molecule has 114 valence electrons. The predicted molar refractivity (Wildman–Crippen MR) is 67.3 cm³/mol. The average molecular weight is 494 g/mol. The van der Waals surface area contributed by atoms with E-state index in [4.69, 9.17) is 4.74 Å². The van der Waals surface area contributed by atoms with Crippen LogP contribution < -0.4 is 42.4 Å². The topological polar surface area (TPSA) is 46.7 Å². The van der Waals surface area contributed by atoms with Crippen molar-refractivity contribution in [1.29, 1.82) is 0 Å². The molecule has 0 saturated carbocycles. The van der Waals surface area contributed by atoms with Crippen molar-refractivity contribution in [3.8, 4) is 0 Å². The van der Waals surface area contributed by atoms with Crippen LogP contribution in [0.5, 0.6) is 0 Å². The van der Waals surface area contributed by atoms with E-state index < -0.39 is 21.2 Å². The number of carbonyl (C=O) groups is 2. The van der Waals surface area contributed by atoms with Gasteiger partial charge in [0.1, 0.15) is 0 Å². The van der Waals surface area contributed by atoms with Gasteiger partial charge in [0.15, 0.2) is 0 Å². The van der Waals surface area contributed by atoms with Gasteiger partial charge in [-0.05, 0) is 0 Å². The maximum absolute atomic E-state index is 12.3. The molecule has 0 aliphatic carbocycles. The number of alkyl halides is 2. The second kappa shape index (κ2) is 8.92. The number of halogens is 2. The van der Waals surface area contributed by atoms with Gasteiger partial charge in [-0.1, -0.05) is 0 Å². The van der Waals surface area contributed by atoms with Crippen LogP contribution in [0.4, 0.5) is 0 Å². The summed E-state index contributed by atoms with van der Waals surface area (Å²) in [7, 11) is 0. The predicted octanol–water partition coefficient (Wildman–Crippen LogP) is -3.92. The third-order valence-electron chi connectivity index (χ3n) is 2.66. The van der Waals surface area contributed by atoms with E-state index in [1.165, 1.54) is 0 Å². The second-order valence-electron chi connectivity index (χ2n) is 5.64. The molecule has 2 atom stereocenters. The van der Waals surface area contributed by atoms with Crippen molar-refractivity contribution < 1.29 is 56.7 Å². The Morgan fingerprint density at radius 3 is 2.32 bits per heavy atom. The third kappa shape index (κ3) is 7.94. The molecule has 0 radical (unpaired) electrons. The van der Waals surface area contributed by atoms with Gasteiger partial charge in [-0.3, -0.25) is 0 Å². The molecule has 2 unspecified atom stereocenters. The van der Waals surface area contributed by atoms with Gasteiger partial charge in [0.05, 0.1) is 0 Å². The summed E-state index contributed by atoms with van der Waals surface area (Å²) in [5.41, 5.74) is 0. The van der Waals surface area contributed by atoms with Crippen LogP contribution in [0.1, 0.15) is 40.5 Å². The average Bonchev–Trinajstić information content (AvgIpc) is 3.10. The van der Waals surface area contributed by atoms with Crippen LogP contribution in [-0.4, -0.2) is 28.6 Å². The Hall–Kier alpha value is 0.760. The molecule has 1 saturated heterocycles. The Kier molecular flexibility index (Phi) is 8.36. The van der Waals surface area contributed by atoms with E-state index in [-0.39, 0.29) is 35.0 Å². The van der Waals surface area contributed by atoms with E-state index in [9.17, 15) is 9.59 Å². The summed E-state index contributed by atoms with van der Waals surface area (Å²) in [6.07, 6.45) is 1.89. The number of hydrogen-bond donors (Lipinski definition) is 0. The molecule has 1 heterocycles. The Morgan fingerprint density at radius 1 is 1.21 bits per heavy atom. The van der Waals surface area contributed by atoms with Crippen molar-refractivity contribution in [2.24, 2.45) is 11.8 Å². The second-order valence-corrected chi connectivity index (χ2v) is 11.7. The Labute approximate surface area is 137 Å². The van der Waals surface area contributed by atoms with Gasteiger partial charge in [-0.2, -0.15) is 0 Å². The summed E-state index contributed by atoms with van der Waals surface area (Å²) in [6, 6.07) is 0. The summed E-state index contributed by atoms with van der Waals surface area (Å²) in [5, 5.41) is 0. The molecule has 0 N–H and O–H groups in total. The zero-order valence-corrected chi connectivity index (χ0v) is 16.4. The molecule has 0 amide bonds. The first-order valence-corrected chi connectivity index (χ1v) is 11.7. The fourth-order valence-corrected chi connectivity index (χ4v) is 9.17. The molecular formula is C14H24I2O3-2. The number of carbonyl (C=O) groups excluding carboxylic acids is 2. The van der Waals surface area contributed by atoms with Crippen LogP contribution >= 0.6 is 0 Å². The van der Waals surface area contributed by atoms with E-state index in [2.05, 4.69) is 27.7 Å². The van der Waals surface area contributed by atoms with Crippen LogP contribution in [0.3, 0.4) is 0 Å². The van der Waals surface area contributed by atoms with Crippen molar-refractivity contribution >= 4 is 7.58 Å². The zero-order valence-electron chi connectivity index (χ0n) is 12.1. The van der Waals surface area contributed by atoms with Crippen molar-refractivity contribution in [2.75, 3.05) is 11.0 Å². The van der Waals surface area contributed by atoms with E-state index in [1.807, 2.05) is 0 Å². The minimum atomic E-state index is -0.675. The molecule has 1 aliphatic rings. The van der Waals surface area contributed by atoms with E-state index in [1.54, 1.807) is 0 Å². The molecule has 1 aliphatic heterocycles. The fourth-order valence-electron chi connectivity index (χ4n) is 1.42. The van der Waals surface area contributed by atoms with Crippen LogP contribution in [0.25, 0.3) is 0 Å². The van der Waals surface area contributed by atoms with Crippen LogP contribution in [0.15, 0.2) is 0 Å². The van der Waals surface area contributed by atoms with Gasteiger partial charge < -0.3 is 0 Å². The van der Waals surface area contributed by atoms with Crippen molar-refractivity contribution in [1.82, 2.24) is 0 Å². The van der Waals surface area contributed by atoms with Crippen LogP contribution in [-0.2, 0) is 14.3 Å². The molecule has 1 fully saturated rings. The standard InChI is InChI=1S/C14H24I2O3/c1-9(2)5-6-15-13(17)11(7-10(3)4)16-14(18)12-8-19-12/h9-12H,5-8H2,1-4H3/q-2. The minimum absolute atomic E-state index is 0.0652. The molecule has 0 aromatic heterocycles. The molecule has 0 aromatic carbocycles. The molecule has 1 rings (SSSR count). The number of epoxide rings is 1. The number of rotatable bonds is 10. The van der Waals surface area contributed by atoms with E-state index in [0.29, 0.717) is 22.2 Å². The fraction of sp³-hybridized carbons (Fsp3) is 0.857. The van der Waals surface area contributed by atoms with Gasteiger partial charge in [0, 0.05) is 0 Å². The SMILES string of the molecule is CC(C)CC[I-]C(=O)C(CC(C)C)[I-]C(=O)C1CO1. The van der Waals surface area contributed by atoms with Gasteiger partial charge >= 0.3 is 138 Å². The zero-order chi connectivity index (χ0) is 14.4. The van der Waals surface area contributed by atoms with Crippen molar-refractivity contribution in [3.63, 3.8) is 0 Å². The van der Waals surface area contributed by atoms with Crippen LogP contribution in [0, 0.1) is 11.8 Å². The molecule has 19 heavy (non-hydrogen) atoms. The summed E-state index contributed by atoms with van der Waals surface area (Å²) < 4.78 is 6.85. The summed E-state index contributed by atoms with van der Waals surface area (Å²) in [6.45, 7) is 9.24. The van der Waals surface area contributed by atoms with Crippen molar-refractivity contribution in [3.05, 3.63) is 0 Å². The van der Waals surface area contributed by atoms with Gasteiger partial charge in [0.25, 0.3) is 0 Å². The molecule has 5 heteroatoms. The Balaban J connectivity index is 2.41. The summed E-state index contributed by atoms with van der Waals surface area (Å²) in [5.74, 6) is 1.17. The summed E-state index contributed by atoms with van der Waals surface area (Å²) in [4.78, 5) is 24.2. The first-order chi connectivity index (χ1) is 8.90. The Bertz CT molecular complexity index is 312. The first kappa shape index (κ1) is 17.8. The molecule has 3 nitrogen and oxygen atoms in total. The summed E-state index contributed by atoms with van der Waals surface area (Å²) >= 11 is -1.05. The van der Waals surface area contributed by atoms with E-state index >= 15 is 0 Å². The molecule has 0 spiro atoms. The molecular weight excluding hydrogens is 470 g/mol. The number of hydrogen-bond acceptors (Lipinski definition) is 3. The molecule has 0 bridgehead atoms. The van der Waals surface area contributed by atoms with Crippen LogP contribution in [0.2, 0.25) is 0 Å². The molecule has 0 aromatic rings. The van der Waals surface area contributed by atoms with Crippen molar-refractivity contribution in [2.45, 2.75) is 50.6 Å². The quantitative estimate of drug-likeness (QED) is 0.135. The van der Waals surface area contributed by atoms with Gasteiger partial charge in [-0.15, -0.1) is 0 Å². The monoisotopic (exact) mass is 494 g/mol. The maximum atomic E-state index is 12.3. The van der Waals surface area contributed by atoms with Gasteiger partial charge in [0.2, 0.25) is 0 Å². The normalized spacial score (nSPS) is 20.2. The van der Waals surface area contributed by atoms with E-state index in [0.717, 1.165) is 17.3 Å². The first-order valence-electron chi connectivity index (χ1n) is 6.82.